The Hall–Kier alpha value is -2.23. The molecule has 1 unspecified atom stereocenters. The lowest BCUT2D eigenvalue weighted by Crippen LogP contribution is -2.38. The van der Waals surface area contributed by atoms with Crippen LogP contribution in [0, 0.1) is 0 Å². The molecule has 1 saturated heterocycles. The van der Waals surface area contributed by atoms with Crippen molar-refractivity contribution < 1.29 is 18.3 Å². The van der Waals surface area contributed by atoms with Crippen molar-refractivity contribution in [2.75, 3.05) is 18.0 Å². The van der Waals surface area contributed by atoms with E-state index in [0.29, 0.717) is 13.0 Å². The number of aliphatic hydroxyl groups is 1. The van der Waals surface area contributed by atoms with Gasteiger partial charge in [0, 0.05) is 18.9 Å². The summed E-state index contributed by atoms with van der Waals surface area (Å²) in [5.41, 5.74) is -2.10. The number of anilines is 1. The lowest BCUT2D eigenvalue weighted by molar-refractivity contribution is -0.141. The van der Waals surface area contributed by atoms with Crippen molar-refractivity contribution in [3.05, 3.63) is 30.4 Å². The first kappa shape index (κ1) is 14.7. The van der Waals surface area contributed by atoms with Crippen molar-refractivity contribution in [2.24, 2.45) is 0 Å². The van der Waals surface area contributed by atoms with Gasteiger partial charge in [0.15, 0.2) is 0 Å². The summed E-state index contributed by atoms with van der Waals surface area (Å²) in [5.74, 6) is -0.0376. The summed E-state index contributed by atoms with van der Waals surface area (Å²) in [6, 6.07) is 0.821. The first-order valence-corrected chi connectivity index (χ1v) is 6.57. The van der Waals surface area contributed by atoms with Crippen LogP contribution in [0.5, 0.6) is 0 Å². The molecule has 0 bridgehead atoms. The van der Waals surface area contributed by atoms with E-state index in [-0.39, 0.29) is 19.0 Å². The van der Waals surface area contributed by atoms with Gasteiger partial charge in [0.05, 0.1) is 19.3 Å². The van der Waals surface area contributed by atoms with E-state index in [4.69, 9.17) is 0 Å². The Labute approximate surface area is 123 Å². The molecule has 0 spiro atoms. The summed E-state index contributed by atoms with van der Waals surface area (Å²) in [5, 5.41) is 17.9. The first-order chi connectivity index (χ1) is 10.4. The number of nitrogens with zero attached hydrogens (tertiary/aromatic N) is 6. The Morgan fingerprint density at radius 2 is 2.14 bits per heavy atom. The SMILES string of the molecule is OC1(Cn2ccnn2)CCN(c2nccc(C(F)(F)F)n2)C1. The van der Waals surface area contributed by atoms with E-state index in [1.54, 1.807) is 6.20 Å². The predicted molar refractivity (Wildman–Crippen MR) is 68.8 cm³/mol. The second-order valence-electron chi connectivity index (χ2n) is 5.24. The lowest BCUT2D eigenvalue weighted by atomic mass is 10.0. The zero-order valence-electron chi connectivity index (χ0n) is 11.4. The molecule has 0 amide bonds. The van der Waals surface area contributed by atoms with Gasteiger partial charge in [-0.15, -0.1) is 5.10 Å². The summed E-state index contributed by atoms with van der Waals surface area (Å²) < 4.78 is 39.5. The largest absolute Gasteiger partial charge is 0.433 e. The second kappa shape index (κ2) is 5.20. The highest BCUT2D eigenvalue weighted by atomic mass is 19.4. The van der Waals surface area contributed by atoms with Crippen molar-refractivity contribution in [1.82, 2.24) is 25.0 Å². The molecule has 2 aromatic heterocycles. The number of halogens is 3. The van der Waals surface area contributed by atoms with Crippen LogP contribution in [0.15, 0.2) is 24.7 Å². The van der Waals surface area contributed by atoms with Gasteiger partial charge >= 0.3 is 6.18 Å². The topological polar surface area (TPSA) is 80.0 Å². The molecule has 0 aromatic carbocycles. The fourth-order valence-corrected chi connectivity index (χ4v) is 2.43. The monoisotopic (exact) mass is 314 g/mol. The standard InChI is InChI=1S/C12H13F3N6O/c13-12(14,15)9-1-3-16-10(18-9)20-5-2-11(22,7-20)8-21-6-4-17-19-21/h1,3-4,6,22H,2,5,7-8H2. The molecule has 22 heavy (non-hydrogen) atoms. The van der Waals surface area contributed by atoms with Gasteiger partial charge in [-0.3, -0.25) is 0 Å². The van der Waals surface area contributed by atoms with E-state index < -0.39 is 17.5 Å². The summed E-state index contributed by atoms with van der Waals surface area (Å²) >= 11 is 0. The number of alkyl halides is 3. The number of β-amino-alcohol motifs (C(OH)–C–C–N with tert-alkyl or cyclic N) is 1. The van der Waals surface area contributed by atoms with Gasteiger partial charge < -0.3 is 10.0 Å². The zero-order chi connectivity index (χ0) is 15.8. The summed E-state index contributed by atoms with van der Waals surface area (Å²) in [4.78, 5) is 8.93. The molecule has 1 aliphatic rings. The molecule has 1 fully saturated rings. The average molecular weight is 314 g/mol. The molecule has 0 aliphatic carbocycles. The van der Waals surface area contributed by atoms with Gasteiger partial charge in [-0.2, -0.15) is 13.2 Å². The molecule has 10 heteroatoms. The average Bonchev–Trinajstić information content (AvgIpc) is 3.08. The molecule has 2 aromatic rings. The molecule has 118 valence electrons. The van der Waals surface area contributed by atoms with Gasteiger partial charge in [0.1, 0.15) is 11.3 Å². The van der Waals surface area contributed by atoms with E-state index in [9.17, 15) is 18.3 Å². The maximum Gasteiger partial charge on any atom is 0.433 e. The lowest BCUT2D eigenvalue weighted by Gasteiger charge is -2.23. The number of hydrogen-bond acceptors (Lipinski definition) is 6. The third-order valence-corrected chi connectivity index (χ3v) is 3.48. The number of rotatable bonds is 3. The molecule has 3 heterocycles. The highest BCUT2D eigenvalue weighted by molar-refractivity contribution is 5.34. The Kier molecular flexibility index (Phi) is 3.47. The summed E-state index contributed by atoms with van der Waals surface area (Å²) in [7, 11) is 0. The summed E-state index contributed by atoms with van der Waals surface area (Å²) in [6.07, 6.45) is 0.0360. The molecule has 0 radical (unpaired) electrons. The molecule has 0 saturated carbocycles. The van der Waals surface area contributed by atoms with E-state index in [1.807, 2.05) is 0 Å². The minimum absolute atomic E-state index is 0.0376. The van der Waals surface area contributed by atoms with Crippen LogP contribution in [0.3, 0.4) is 0 Å². The molecule has 3 rings (SSSR count). The number of hydrogen-bond donors (Lipinski definition) is 1. The maximum atomic E-state index is 12.7. The van der Waals surface area contributed by atoms with Gasteiger partial charge in [0.25, 0.3) is 0 Å². The summed E-state index contributed by atoms with van der Waals surface area (Å²) in [6.45, 7) is 0.711. The Morgan fingerprint density at radius 1 is 1.32 bits per heavy atom. The third kappa shape index (κ3) is 3.01. The zero-order valence-corrected chi connectivity index (χ0v) is 11.4. The van der Waals surface area contributed by atoms with Crippen LogP contribution in [-0.2, 0) is 12.7 Å². The quantitative estimate of drug-likeness (QED) is 0.899. The highest BCUT2D eigenvalue weighted by Crippen LogP contribution is 2.30. The van der Waals surface area contributed by atoms with Gasteiger partial charge in [-0.05, 0) is 12.5 Å². The van der Waals surface area contributed by atoms with Crippen LogP contribution in [0.1, 0.15) is 12.1 Å². The van der Waals surface area contributed by atoms with Crippen molar-refractivity contribution >= 4 is 5.95 Å². The Balaban J connectivity index is 1.75. The third-order valence-electron chi connectivity index (χ3n) is 3.48. The van der Waals surface area contributed by atoms with Crippen LogP contribution in [0.25, 0.3) is 0 Å². The van der Waals surface area contributed by atoms with Crippen molar-refractivity contribution in [2.45, 2.75) is 24.7 Å². The Morgan fingerprint density at radius 3 is 2.82 bits per heavy atom. The van der Waals surface area contributed by atoms with Gasteiger partial charge in [0.2, 0.25) is 5.95 Å². The minimum Gasteiger partial charge on any atom is -0.386 e. The second-order valence-corrected chi connectivity index (χ2v) is 5.24. The van der Waals surface area contributed by atoms with Crippen molar-refractivity contribution in [3.63, 3.8) is 0 Å². The fraction of sp³-hybridized carbons (Fsp3) is 0.500. The maximum absolute atomic E-state index is 12.7. The van der Waals surface area contributed by atoms with E-state index in [2.05, 4.69) is 20.3 Å². The fourth-order valence-electron chi connectivity index (χ4n) is 2.43. The normalized spacial score (nSPS) is 22.3. The van der Waals surface area contributed by atoms with E-state index in [1.165, 1.54) is 15.8 Å². The van der Waals surface area contributed by atoms with Gasteiger partial charge in [-0.25, -0.2) is 14.6 Å². The van der Waals surface area contributed by atoms with Gasteiger partial charge in [-0.1, -0.05) is 5.21 Å². The molecular formula is C12H13F3N6O. The highest BCUT2D eigenvalue weighted by Gasteiger charge is 2.39. The molecular weight excluding hydrogens is 301 g/mol. The first-order valence-electron chi connectivity index (χ1n) is 6.57. The Bertz CT molecular complexity index is 647. The van der Waals surface area contributed by atoms with Crippen LogP contribution >= 0.6 is 0 Å². The van der Waals surface area contributed by atoms with Crippen molar-refractivity contribution in [3.8, 4) is 0 Å². The number of aromatic nitrogens is 5. The molecule has 1 N–H and O–H groups in total. The minimum atomic E-state index is -4.52. The van der Waals surface area contributed by atoms with Crippen LogP contribution < -0.4 is 4.90 Å². The van der Waals surface area contributed by atoms with E-state index >= 15 is 0 Å². The predicted octanol–water partition coefficient (Wildman–Crippen LogP) is 0.728. The van der Waals surface area contributed by atoms with Crippen LogP contribution in [0.2, 0.25) is 0 Å². The smallest absolute Gasteiger partial charge is 0.386 e. The van der Waals surface area contributed by atoms with Crippen LogP contribution in [-0.4, -0.2) is 48.8 Å². The van der Waals surface area contributed by atoms with Crippen molar-refractivity contribution in [1.29, 1.82) is 0 Å². The molecule has 1 aliphatic heterocycles. The van der Waals surface area contributed by atoms with Crippen LogP contribution in [0.4, 0.5) is 19.1 Å². The molecule has 7 nitrogen and oxygen atoms in total. The van der Waals surface area contributed by atoms with E-state index in [0.717, 1.165) is 12.3 Å². The molecule has 1 atom stereocenters.